The van der Waals surface area contributed by atoms with Crippen LogP contribution < -0.4 is 15.4 Å². The normalized spacial score (nSPS) is 22.3. The first-order valence-electron chi connectivity index (χ1n) is 6.07. The van der Waals surface area contributed by atoms with Gasteiger partial charge in [-0.1, -0.05) is 0 Å². The smallest absolute Gasteiger partial charge is 0.218 e. The van der Waals surface area contributed by atoms with Gasteiger partial charge in [0.05, 0.1) is 7.11 Å². The van der Waals surface area contributed by atoms with Gasteiger partial charge in [-0.3, -0.25) is 0 Å². The Kier molecular flexibility index (Phi) is 3.78. The number of hydrogen-bond donors (Lipinski definition) is 1. The van der Waals surface area contributed by atoms with Crippen LogP contribution in [-0.2, 0) is 0 Å². The van der Waals surface area contributed by atoms with Crippen LogP contribution in [0, 0.1) is 5.92 Å². The molecular weight excluding hydrogens is 216 g/mol. The van der Waals surface area contributed by atoms with E-state index in [0.29, 0.717) is 11.8 Å². The molecule has 2 atom stereocenters. The maximum Gasteiger partial charge on any atom is 0.218 e. The number of hydrogen-bond acceptors (Lipinski definition) is 5. The van der Waals surface area contributed by atoms with Crippen molar-refractivity contribution in [2.24, 2.45) is 11.7 Å². The van der Waals surface area contributed by atoms with Crippen LogP contribution in [0.3, 0.4) is 0 Å². The molecule has 2 unspecified atom stereocenters. The van der Waals surface area contributed by atoms with Crippen molar-refractivity contribution in [1.29, 1.82) is 0 Å². The maximum absolute atomic E-state index is 5.98. The van der Waals surface area contributed by atoms with Crippen molar-refractivity contribution in [3.05, 3.63) is 12.4 Å². The first-order valence-corrected chi connectivity index (χ1v) is 6.07. The Bertz CT molecular complexity index is 369. The lowest BCUT2D eigenvalue weighted by molar-refractivity contribution is 0.361. The molecule has 1 aromatic heterocycles. The van der Waals surface area contributed by atoms with Gasteiger partial charge in [-0.2, -0.15) is 0 Å². The molecule has 1 aliphatic heterocycles. The van der Waals surface area contributed by atoms with Gasteiger partial charge in [0.25, 0.3) is 0 Å². The molecule has 1 saturated heterocycles. The zero-order chi connectivity index (χ0) is 12.3. The minimum atomic E-state index is 0.238. The molecule has 5 heteroatoms. The van der Waals surface area contributed by atoms with Crippen molar-refractivity contribution in [2.45, 2.75) is 25.8 Å². The van der Waals surface area contributed by atoms with Gasteiger partial charge in [-0.05, 0) is 25.7 Å². The van der Waals surface area contributed by atoms with Crippen molar-refractivity contribution in [3.8, 4) is 5.88 Å². The predicted octanol–water partition coefficient (Wildman–Crippen LogP) is 1.05. The molecule has 0 bridgehead atoms. The predicted molar refractivity (Wildman–Crippen MR) is 67.2 cm³/mol. The highest BCUT2D eigenvalue weighted by atomic mass is 16.5. The molecule has 2 heterocycles. The molecule has 0 amide bonds. The number of nitrogens with two attached hydrogens (primary N) is 1. The maximum atomic E-state index is 5.98. The van der Waals surface area contributed by atoms with E-state index in [-0.39, 0.29) is 6.04 Å². The molecule has 1 aromatic rings. The van der Waals surface area contributed by atoms with E-state index in [2.05, 4.69) is 21.8 Å². The summed E-state index contributed by atoms with van der Waals surface area (Å²) >= 11 is 0. The quantitative estimate of drug-likeness (QED) is 0.849. The molecular formula is C12H20N4O. The number of nitrogens with zero attached hydrogens (tertiary/aromatic N) is 3. The van der Waals surface area contributed by atoms with Gasteiger partial charge >= 0.3 is 0 Å². The van der Waals surface area contributed by atoms with Crippen LogP contribution in [0.4, 0.5) is 5.82 Å². The Morgan fingerprint density at radius 2 is 2.35 bits per heavy atom. The molecule has 0 aromatic carbocycles. The molecule has 0 radical (unpaired) electrons. The Morgan fingerprint density at radius 1 is 1.53 bits per heavy atom. The van der Waals surface area contributed by atoms with E-state index < -0.39 is 0 Å². The summed E-state index contributed by atoms with van der Waals surface area (Å²) in [5, 5.41) is 0. The van der Waals surface area contributed by atoms with Gasteiger partial charge in [-0.15, -0.1) is 0 Å². The highest BCUT2D eigenvalue weighted by Crippen LogP contribution is 2.24. The summed E-state index contributed by atoms with van der Waals surface area (Å²) < 4.78 is 5.12. The molecule has 0 aliphatic carbocycles. The summed E-state index contributed by atoms with van der Waals surface area (Å²) in [6, 6.07) is 2.12. The Hall–Kier alpha value is -1.36. The number of rotatable bonds is 3. The minimum absolute atomic E-state index is 0.238. The third-order valence-electron chi connectivity index (χ3n) is 3.36. The summed E-state index contributed by atoms with van der Waals surface area (Å²) in [4.78, 5) is 10.6. The van der Waals surface area contributed by atoms with Gasteiger partial charge in [0, 0.05) is 25.2 Å². The summed E-state index contributed by atoms with van der Waals surface area (Å²) in [6.07, 6.45) is 3.92. The average molecular weight is 236 g/mol. The summed E-state index contributed by atoms with van der Waals surface area (Å²) in [5.41, 5.74) is 5.98. The first-order chi connectivity index (χ1) is 8.20. The van der Waals surface area contributed by atoms with Gasteiger partial charge in [0.2, 0.25) is 5.88 Å². The van der Waals surface area contributed by atoms with Crippen molar-refractivity contribution in [2.75, 3.05) is 25.1 Å². The van der Waals surface area contributed by atoms with Crippen LogP contribution in [-0.4, -0.2) is 36.2 Å². The van der Waals surface area contributed by atoms with Crippen LogP contribution in [0.1, 0.15) is 19.8 Å². The first kappa shape index (κ1) is 12.1. The van der Waals surface area contributed by atoms with Crippen LogP contribution in [0.15, 0.2) is 12.4 Å². The van der Waals surface area contributed by atoms with Crippen molar-refractivity contribution < 1.29 is 4.74 Å². The highest BCUT2D eigenvalue weighted by molar-refractivity contribution is 5.41. The van der Waals surface area contributed by atoms with E-state index in [1.54, 1.807) is 13.4 Å². The molecule has 0 spiro atoms. The lowest BCUT2D eigenvalue weighted by Gasteiger charge is -2.35. The Morgan fingerprint density at radius 3 is 3.06 bits per heavy atom. The number of methoxy groups -OCH3 is 1. The number of aromatic nitrogens is 2. The summed E-state index contributed by atoms with van der Waals surface area (Å²) in [7, 11) is 1.62. The van der Waals surface area contributed by atoms with Gasteiger partial charge in [-0.25, -0.2) is 9.97 Å². The molecule has 2 N–H and O–H groups in total. The second-order valence-corrected chi connectivity index (χ2v) is 4.63. The van der Waals surface area contributed by atoms with E-state index in [0.717, 1.165) is 18.9 Å². The van der Waals surface area contributed by atoms with Crippen molar-refractivity contribution in [1.82, 2.24) is 9.97 Å². The Labute approximate surface area is 102 Å². The van der Waals surface area contributed by atoms with E-state index in [4.69, 9.17) is 10.5 Å². The van der Waals surface area contributed by atoms with Crippen LogP contribution >= 0.6 is 0 Å². The minimum Gasteiger partial charge on any atom is -0.481 e. The fourth-order valence-corrected chi connectivity index (χ4v) is 2.26. The van der Waals surface area contributed by atoms with Gasteiger partial charge in [0.15, 0.2) is 0 Å². The molecule has 5 nitrogen and oxygen atoms in total. The van der Waals surface area contributed by atoms with Gasteiger partial charge < -0.3 is 15.4 Å². The van der Waals surface area contributed by atoms with Crippen LogP contribution in [0.5, 0.6) is 5.88 Å². The topological polar surface area (TPSA) is 64.3 Å². The zero-order valence-electron chi connectivity index (χ0n) is 10.5. The SMILES string of the molecule is COc1cc(N2CCCC(C(C)N)C2)ncn1. The standard InChI is InChI=1S/C12H20N4O/c1-9(13)10-4-3-5-16(7-10)11-6-12(17-2)15-8-14-11/h6,8-10H,3-5,7,13H2,1-2H3. The summed E-state index contributed by atoms with van der Waals surface area (Å²) in [5.74, 6) is 2.09. The fourth-order valence-electron chi connectivity index (χ4n) is 2.26. The molecule has 17 heavy (non-hydrogen) atoms. The third kappa shape index (κ3) is 2.85. The lowest BCUT2D eigenvalue weighted by Crippen LogP contribution is -2.42. The second kappa shape index (κ2) is 5.31. The number of anilines is 1. The summed E-state index contributed by atoms with van der Waals surface area (Å²) in [6.45, 7) is 4.08. The van der Waals surface area contributed by atoms with Crippen molar-refractivity contribution in [3.63, 3.8) is 0 Å². The van der Waals surface area contributed by atoms with Crippen LogP contribution in [0.25, 0.3) is 0 Å². The average Bonchev–Trinajstić information content (AvgIpc) is 2.39. The molecule has 1 aliphatic rings. The largest absolute Gasteiger partial charge is 0.481 e. The van der Waals surface area contributed by atoms with Gasteiger partial charge in [0.1, 0.15) is 12.1 Å². The second-order valence-electron chi connectivity index (χ2n) is 4.63. The lowest BCUT2D eigenvalue weighted by atomic mass is 9.92. The fraction of sp³-hybridized carbons (Fsp3) is 0.667. The van der Waals surface area contributed by atoms with E-state index >= 15 is 0 Å². The van der Waals surface area contributed by atoms with E-state index in [1.807, 2.05) is 6.07 Å². The highest BCUT2D eigenvalue weighted by Gasteiger charge is 2.23. The van der Waals surface area contributed by atoms with Crippen LogP contribution in [0.2, 0.25) is 0 Å². The van der Waals surface area contributed by atoms with Crippen molar-refractivity contribution >= 4 is 5.82 Å². The number of ether oxygens (including phenoxy) is 1. The Balaban J connectivity index is 2.10. The number of piperidine rings is 1. The molecule has 94 valence electrons. The molecule has 1 fully saturated rings. The third-order valence-corrected chi connectivity index (χ3v) is 3.36. The zero-order valence-corrected chi connectivity index (χ0v) is 10.5. The van der Waals surface area contributed by atoms with E-state index in [1.165, 1.54) is 12.8 Å². The van der Waals surface area contributed by atoms with E-state index in [9.17, 15) is 0 Å². The molecule has 2 rings (SSSR count). The monoisotopic (exact) mass is 236 g/mol. The molecule has 0 saturated carbocycles.